The fourth-order valence-corrected chi connectivity index (χ4v) is 2.66. The lowest BCUT2D eigenvalue weighted by molar-refractivity contribution is 0.0572. The smallest absolute Gasteiger partial charge is 0.0724 e. The molecule has 0 saturated heterocycles. The zero-order valence-corrected chi connectivity index (χ0v) is 13.8. The van der Waals surface area contributed by atoms with Gasteiger partial charge in [0.25, 0.3) is 0 Å². The molecule has 0 aromatic heterocycles. The minimum Gasteiger partial charge on any atom is -0.380 e. The van der Waals surface area contributed by atoms with Gasteiger partial charge in [0.15, 0.2) is 0 Å². The van der Waals surface area contributed by atoms with E-state index in [1.807, 2.05) is 7.11 Å². The van der Waals surface area contributed by atoms with E-state index < -0.39 is 0 Å². The molecule has 2 nitrogen and oxygen atoms in total. The molecule has 0 aromatic carbocycles. The van der Waals surface area contributed by atoms with E-state index in [-0.39, 0.29) is 0 Å². The van der Waals surface area contributed by atoms with Crippen LogP contribution in [0.15, 0.2) is 0 Å². The van der Waals surface area contributed by atoms with E-state index in [0.29, 0.717) is 12.1 Å². The Balaban J connectivity index is 3.90. The molecule has 0 aromatic rings. The Morgan fingerprint density at radius 3 is 2.05 bits per heavy atom. The van der Waals surface area contributed by atoms with Crippen LogP contribution in [0.25, 0.3) is 0 Å². The third-order valence-corrected chi connectivity index (χ3v) is 3.85. The molecule has 0 spiro atoms. The molecule has 2 atom stereocenters. The van der Waals surface area contributed by atoms with Crippen LogP contribution in [0, 0.1) is 0 Å². The zero-order chi connectivity index (χ0) is 14.3. The van der Waals surface area contributed by atoms with E-state index in [0.717, 1.165) is 6.54 Å². The van der Waals surface area contributed by atoms with Crippen LogP contribution in [0.1, 0.15) is 85.0 Å². The average Bonchev–Trinajstić information content (AvgIpc) is 2.43. The van der Waals surface area contributed by atoms with Crippen molar-refractivity contribution in [2.45, 2.75) is 97.1 Å². The first kappa shape index (κ1) is 18.9. The standard InChI is InChI=1S/C17H37NO/c1-5-8-9-10-11-12-14-16(18-15-7-3)17(19-4)13-6-2/h16-18H,5-15H2,1-4H3. The van der Waals surface area contributed by atoms with Crippen molar-refractivity contribution in [2.24, 2.45) is 0 Å². The molecule has 2 heteroatoms. The van der Waals surface area contributed by atoms with Crippen molar-refractivity contribution in [1.82, 2.24) is 5.32 Å². The van der Waals surface area contributed by atoms with E-state index in [2.05, 4.69) is 26.1 Å². The second kappa shape index (κ2) is 14.3. The molecule has 0 aliphatic rings. The summed E-state index contributed by atoms with van der Waals surface area (Å²) in [4.78, 5) is 0. The third kappa shape index (κ3) is 10.4. The van der Waals surface area contributed by atoms with Gasteiger partial charge in [-0.1, -0.05) is 65.7 Å². The Hall–Kier alpha value is -0.0800. The summed E-state index contributed by atoms with van der Waals surface area (Å²) in [5, 5.41) is 3.68. The monoisotopic (exact) mass is 271 g/mol. The second-order valence-electron chi connectivity index (χ2n) is 5.68. The number of rotatable bonds is 14. The molecule has 0 fully saturated rings. The Morgan fingerprint density at radius 2 is 1.47 bits per heavy atom. The van der Waals surface area contributed by atoms with Crippen LogP contribution >= 0.6 is 0 Å². The Bertz CT molecular complexity index is 173. The number of nitrogens with one attached hydrogen (secondary N) is 1. The van der Waals surface area contributed by atoms with Gasteiger partial charge in [-0.15, -0.1) is 0 Å². The predicted octanol–water partition coefficient (Wildman–Crippen LogP) is 4.92. The van der Waals surface area contributed by atoms with E-state index in [4.69, 9.17) is 4.74 Å². The van der Waals surface area contributed by atoms with Gasteiger partial charge >= 0.3 is 0 Å². The highest BCUT2D eigenvalue weighted by Crippen LogP contribution is 2.15. The Kier molecular flexibility index (Phi) is 14.3. The molecular weight excluding hydrogens is 234 g/mol. The largest absolute Gasteiger partial charge is 0.380 e. The van der Waals surface area contributed by atoms with Crippen molar-refractivity contribution in [3.63, 3.8) is 0 Å². The van der Waals surface area contributed by atoms with Gasteiger partial charge in [-0.25, -0.2) is 0 Å². The molecule has 0 aliphatic carbocycles. The van der Waals surface area contributed by atoms with E-state index in [1.54, 1.807) is 0 Å². The summed E-state index contributed by atoms with van der Waals surface area (Å²) in [6.07, 6.45) is 13.5. The average molecular weight is 271 g/mol. The summed E-state index contributed by atoms with van der Waals surface area (Å²) in [6.45, 7) is 7.87. The van der Waals surface area contributed by atoms with Gasteiger partial charge in [0.05, 0.1) is 6.10 Å². The number of unbranched alkanes of at least 4 members (excludes halogenated alkanes) is 5. The molecule has 0 aliphatic heterocycles. The van der Waals surface area contributed by atoms with Crippen molar-refractivity contribution < 1.29 is 4.74 Å². The predicted molar refractivity (Wildman–Crippen MR) is 85.8 cm³/mol. The maximum absolute atomic E-state index is 5.68. The van der Waals surface area contributed by atoms with Gasteiger partial charge in [-0.3, -0.25) is 0 Å². The van der Waals surface area contributed by atoms with Crippen LogP contribution in [0.2, 0.25) is 0 Å². The Morgan fingerprint density at radius 1 is 0.789 bits per heavy atom. The maximum atomic E-state index is 5.68. The van der Waals surface area contributed by atoms with Crippen molar-refractivity contribution in [1.29, 1.82) is 0 Å². The minimum absolute atomic E-state index is 0.396. The molecule has 19 heavy (non-hydrogen) atoms. The SMILES string of the molecule is CCCCCCCCC(NCCC)C(CCC)OC. The molecule has 0 saturated carbocycles. The number of ether oxygens (including phenoxy) is 1. The maximum Gasteiger partial charge on any atom is 0.0724 e. The Labute approximate surface area is 121 Å². The zero-order valence-electron chi connectivity index (χ0n) is 13.8. The van der Waals surface area contributed by atoms with Crippen LogP contribution in [0.5, 0.6) is 0 Å². The van der Waals surface area contributed by atoms with Crippen molar-refractivity contribution in [3.8, 4) is 0 Å². The molecular formula is C17H37NO. The van der Waals surface area contributed by atoms with Crippen LogP contribution < -0.4 is 5.32 Å². The van der Waals surface area contributed by atoms with Crippen LogP contribution in [0.4, 0.5) is 0 Å². The van der Waals surface area contributed by atoms with E-state index in [1.165, 1.54) is 64.2 Å². The second-order valence-corrected chi connectivity index (χ2v) is 5.68. The summed E-state index contributed by atoms with van der Waals surface area (Å²) in [5.74, 6) is 0. The molecule has 2 unspecified atom stereocenters. The molecule has 0 amide bonds. The summed E-state index contributed by atoms with van der Waals surface area (Å²) in [5.41, 5.74) is 0. The van der Waals surface area contributed by atoms with Gasteiger partial charge in [-0.05, 0) is 25.8 Å². The highest BCUT2D eigenvalue weighted by atomic mass is 16.5. The molecule has 0 heterocycles. The van der Waals surface area contributed by atoms with Gasteiger partial charge in [0.2, 0.25) is 0 Å². The van der Waals surface area contributed by atoms with E-state index in [9.17, 15) is 0 Å². The number of hydrogen-bond donors (Lipinski definition) is 1. The van der Waals surface area contributed by atoms with Crippen LogP contribution in [-0.4, -0.2) is 25.8 Å². The van der Waals surface area contributed by atoms with Gasteiger partial charge in [-0.2, -0.15) is 0 Å². The molecule has 0 bridgehead atoms. The number of methoxy groups -OCH3 is 1. The minimum atomic E-state index is 0.396. The number of hydrogen-bond acceptors (Lipinski definition) is 2. The highest BCUT2D eigenvalue weighted by Gasteiger charge is 2.19. The van der Waals surface area contributed by atoms with Crippen molar-refractivity contribution >= 4 is 0 Å². The van der Waals surface area contributed by atoms with Gasteiger partial charge in [0.1, 0.15) is 0 Å². The third-order valence-electron chi connectivity index (χ3n) is 3.85. The normalized spacial score (nSPS) is 14.5. The topological polar surface area (TPSA) is 21.3 Å². The van der Waals surface area contributed by atoms with Crippen LogP contribution in [0.3, 0.4) is 0 Å². The fourth-order valence-electron chi connectivity index (χ4n) is 2.66. The first-order chi connectivity index (χ1) is 9.29. The van der Waals surface area contributed by atoms with Crippen LogP contribution in [-0.2, 0) is 4.74 Å². The molecule has 0 radical (unpaired) electrons. The summed E-state index contributed by atoms with van der Waals surface area (Å²) >= 11 is 0. The van der Waals surface area contributed by atoms with Gasteiger partial charge in [0, 0.05) is 13.2 Å². The van der Waals surface area contributed by atoms with Crippen molar-refractivity contribution in [3.05, 3.63) is 0 Å². The van der Waals surface area contributed by atoms with Gasteiger partial charge < -0.3 is 10.1 Å². The quantitative estimate of drug-likeness (QED) is 0.453. The first-order valence-electron chi connectivity index (χ1n) is 8.56. The summed E-state index contributed by atoms with van der Waals surface area (Å²) in [6, 6.07) is 0.552. The lowest BCUT2D eigenvalue weighted by Crippen LogP contribution is -2.41. The van der Waals surface area contributed by atoms with Crippen molar-refractivity contribution in [2.75, 3.05) is 13.7 Å². The summed E-state index contributed by atoms with van der Waals surface area (Å²) in [7, 11) is 1.86. The molecule has 1 N–H and O–H groups in total. The fraction of sp³-hybridized carbons (Fsp3) is 1.00. The summed E-state index contributed by atoms with van der Waals surface area (Å²) < 4.78 is 5.68. The lowest BCUT2D eigenvalue weighted by Gasteiger charge is -2.27. The molecule has 116 valence electrons. The first-order valence-corrected chi connectivity index (χ1v) is 8.56. The van der Waals surface area contributed by atoms with E-state index >= 15 is 0 Å². The highest BCUT2D eigenvalue weighted by molar-refractivity contribution is 4.76. The molecule has 0 rings (SSSR count). The lowest BCUT2D eigenvalue weighted by atomic mass is 9.98.